The van der Waals surface area contributed by atoms with Gasteiger partial charge in [-0.15, -0.1) is 0 Å². The van der Waals surface area contributed by atoms with Crippen LogP contribution in [0.25, 0.3) is 0 Å². The van der Waals surface area contributed by atoms with Crippen LogP contribution in [0.4, 0.5) is 0 Å². The molecule has 0 aromatic heterocycles. The fraction of sp³-hybridized carbons (Fsp3) is 0.875. The molecule has 0 aromatic rings. The van der Waals surface area contributed by atoms with Gasteiger partial charge in [0, 0.05) is 19.4 Å². The second-order valence-electron chi connectivity index (χ2n) is 8.40. The summed E-state index contributed by atoms with van der Waals surface area (Å²) in [6.45, 7) is 6.92. The molecule has 31 heavy (non-hydrogen) atoms. The van der Waals surface area contributed by atoms with Gasteiger partial charge in [0.1, 0.15) is 6.04 Å². The van der Waals surface area contributed by atoms with Crippen molar-refractivity contribution in [2.24, 2.45) is 5.73 Å². The molecule has 0 spiro atoms. The molecule has 0 saturated heterocycles. The van der Waals surface area contributed by atoms with Gasteiger partial charge in [-0.05, 0) is 19.3 Å². The first-order chi connectivity index (χ1) is 15.0. The molecule has 7 nitrogen and oxygen atoms in total. The zero-order valence-corrected chi connectivity index (χ0v) is 20.3. The van der Waals surface area contributed by atoms with E-state index in [0.717, 1.165) is 64.2 Å². The molecule has 7 heteroatoms. The second-order valence-corrected chi connectivity index (χ2v) is 8.40. The van der Waals surface area contributed by atoms with Crippen molar-refractivity contribution in [3.63, 3.8) is 0 Å². The van der Waals surface area contributed by atoms with E-state index in [-0.39, 0.29) is 30.8 Å². The molecule has 3 amide bonds. The predicted octanol–water partition coefficient (Wildman–Crippen LogP) is 4.20. The average Bonchev–Trinajstić information content (AvgIpc) is 2.75. The topological polar surface area (TPSA) is 105 Å². The van der Waals surface area contributed by atoms with Crippen LogP contribution < -0.4 is 16.5 Å². The Balaban J connectivity index is 4.82. The number of carbonyl (C=O) groups excluding carboxylic acids is 3. The SMILES string of the molecule is CCCCCCCC(=O)NC(CCCCCC)C(=O)NN(CCN)C(=O)CCCCC. The maximum atomic E-state index is 12.9. The first-order valence-corrected chi connectivity index (χ1v) is 12.6. The summed E-state index contributed by atoms with van der Waals surface area (Å²) in [5.74, 6) is -0.542. The highest BCUT2D eigenvalue weighted by Crippen LogP contribution is 2.09. The monoisotopic (exact) mass is 440 g/mol. The average molecular weight is 441 g/mol. The summed E-state index contributed by atoms with van der Waals surface area (Å²) in [6, 6.07) is -0.622. The Hall–Kier alpha value is -1.63. The number of amides is 3. The normalized spacial score (nSPS) is 11.7. The highest BCUT2D eigenvalue weighted by atomic mass is 16.2. The van der Waals surface area contributed by atoms with E-state index in [4.69, 9.17) is 5.73 Å². The molecule has 0 heterocycles. The van der Waals surface area contributed by atoms with Crippen LogP contribution >= 0.6 is 0 Å². The van der Waals surface area contributed by atoms with Gasteiger partial charge in [-0.2, -0.15) is 0 Å². The number of carbonyl (C=O) groups is 3. The summed E-state index contributed by atoms with van der Waals surface area (Å²) in [5, 5.41) is 4.23. The van der Waals surface area contributed by atoms with E-state index in [1.54, 1.807) is 0 Å². The van der Waals surface area contributed by atoms with Gasteiger partial charge in [-0.3, -0.25) is 24.8 Å². The molecule has 1 atom stereocenters. The van der Waals surface area contributed by atoms with Crippen molar-refractivity contribution in [2.75, 3.05) is 13.1 Å². The van der Waals surface area contributed by atoms with E-state index >= 15 is 0 Å². The zero-order chi connectivity index (χ0) is 23.3. The van der Waals surface area contributed by atoms with E-state index in [1.807, 2.05) is 0 Å². The van der Waals surface area contributed by atoms with Crippen molar-refractivity contribution in [3.8, 4) is 0 Å². The zero-order valence-electron chi connectivity index (χ0n) is 20.3. The number of nitrogens with zero attached hydrogens (tertiary/aromatic N) is 1. The number of nitrogens with two attached hydrogens (primary N) is 1. The Morgan fingerprint density at radius 3 is 1.94 bits per heavy atom. The molecule has 0 saturated carbocycles. The van der Waals surface area contributed by atoms with Crippen molar-refractivity contribution in [2.45, 2.75) is 123 Å². The van der Waals surface area contributed by atoms with E-state index < -0.39 is 6.04 Å². The largest absolute Gasteiger partial charge is 0.344 e. The lowest BCUT2D eigenvalue weighted by molar-refractivity contribution is -0.143. The Labute approximate surface area is 190 Å². The van der Waals surface area contributed by atoms with Crippen LogP contribution in [0.5, 0.6) is 0 Å². The minimum Gasteiger partial charge on any atom is -0.344 e. The third-order valence-corrected chi connectivity index (χ3v) is 5.40. The van der Waals surface area contributed by atoms with Crippen molar-refractivity contribution >= 4 is 17.7 Å². The standard InChI is InChI=1S/C24H48N4O3/c1-4-7-10-12-15-17-22(29)26-21(16-14-11-8-5-2)24(31)27-28(20-19-25)23(30)18-13-9-6-3/h21H,4-20,25H2,1-3H3,(H,26,29)(H,27,31). The van der Waals surface area contributed by atoms with Crippen molar-refractivity contribution in [1.82, 2.24) is 15.8 Å². The van der Waals surface area contributed by atoms with Crippen LogP contribution in [0.15, 0.2) is 0 Å². The number of hydrazine groups is 1. The molecular weight excluding hydrogens is 392 g/mol. The first-order valence-electron chi connectivity index (χ1n) is 12.6. The Morgan fingerprint density at radius 2 is 1.32 bits per heavy atom. The van der Waals surface area contributed by atoms with Gasteiger partial charge in [0.15, 0.2) is 0 Å². The van der Waals surface area contributed by atoms with Gasteiger partial charge in [0.2, 0.25) is 11.8 Å². The number of hydrogen-bond acceptors (Lipinski definition) is 4. The summed E-state index contributed by atoms with van der Waals surface area (Å²) in [4.78, 5) is 37.8. The smallest absolute Gasteiger partial charge is 0.261 e. The molecule has 0 fully saturated rings. The Kier molecular flexibility index (Phi) is 19.2. The van der Waals surface area contributed by atoms with Crippen LogP contribution in [0.2, 0.25) is 0 Å². The summed E-state index contributed by atoms with van der Waals surface area (Å²) < 4.78 is 0. The predicted molar refractivity (Wildman–Crippen MR) is 127 cm³/mol. The van der Waals surface area contributed by atoms with Crippen molar-refractivity contribution < 1.29 is 14.4 Å². The lowest BCUT2D eigenvalue weighted by Gasteiger charge is -2.26. The summed E-state index contributed by atoms with van der Waals surface area (Å²) in [7, 11) is 0. The van der Waals surface area contributed by atoms with E-state index in [2.05, 4.69) is 31.5 Å². The van der Waals surface area contributed by atoms with Crippen LogP contribution in [0, 0.1) is 0 Å². The van der Waals surface area contributed by atoms with Gasteiger partial charge in [0.25, 0.3) is 5.91 Å². The van der Waals surface area contributed by atoms with E-state index in [1.165, 1.54) is 17.9 Å². The molecule has 0 aliphatic heterocycles. The molecule has 0 radical (unpaired) electrons. The van der Waals surface area contributed by atoms with Crippen molar-refractivity contribution in [1.29, 1.82) is 0 Å². The number of hydrogen-bond donors (Lipinski definition) is 3. The highest BCUT2D eigenvalue weighted by molar-refractivity contribution is 5.89. The molecule has 1 unspecified atom stereocenters. The van der Waals surface area contributed by atoms with Gasteiger partial charge >= 0.3 is 0 Å². The molecule has 4 N–H and O–H groups in total. The summed E-state index contributed by atoms with van der Waals surface area (Å²) in [6.07, 6.45) is 13.7. The molecule has 0 aliphatic rings. The Morgan fingerprint density at radius 1 is 0.774 bits per heavy atom. The van der Waals surface area contributed by atoms with Gasteiger partial charge < -0.3 is 11.1 Å². The minimum atomic E-state index is -0.622. The number of unbranched alkanes of at least 4 members (excludes halogenated alkanes) is 9. The van der Waals surface area contributed by atoms with Crippen LogP contribution in [-0.2, 0) is 14.4 Å². The van der Waals surface area contributed by atoms with Crippen molar-refractivity contribution in [3.05, 3.63) is 0 Å². The fourth-order valence-corrected chi connectivity index (χ4v) is 3.44. The summed E-state index contributed by atoms with van der Waals surface area (Å²) >= 11 is 0. The maximum absolute atomic E-state index is 12.9. The highest BCUT2D eigenvalue weighted by Gasteiger charge is 2.24. The van der Waals surface area contributed by atoms with Gasteiger partial charge in [0.05, 0.1) is 6.54 Å². The third-order valence-electron chi connectivity index (χ3n) is 5.40. The lowest BCUT2D eigenvalue weighted by atomic mass is 10.1. The van der Waals surface area contributed by atoms with Crippen LogP contribution in [-0.4, -0.2) is 41.9 Å². The van der Waals surface area contributed by atoms with E-state index in [0.29, 0.717) is 19.3 Å². The third kappa shape index (κ3) is 15.8. The second kappa shape index (κ2) is 20.3. The molecule has 0 aromatic carbocycles. The quantitative estimate of drug-likeness (QED) is 0.207. The fourth-order valence-electron chi connectivity index (χ4n) is 3.44. The van der Waals surface area contributed by atoms with Gasteiger partial charge in [-0.25, -0.2) is 0 Å². The first kappa shape index (κ1) is 29.4. The molecule has 0 aliphatic carbocycles. The van der Waals surface area contributed by atoms with Gasteiger partial charge in [-0.1, -0.05) is 85.0 Å². The lowest BCUT2D eigenvalue weighted by Crippen LogP contribution is -2.55. The molecule has 0 bridgehead atoms. The number of nitrogens with one attached hydrogen (secondary N) is 2. The molecular formula is C24H48N4O3. The maximum Gasteiger partial charge on any atom is 0.261 e. The number of rotatable bonds is 19. The molecule has 0 rings (SSSR count). The van der Waals surface area contributed by atoms with E-state index in [9.17, 15) is 14.4 Å². The summed E-state index contributed by atoms with van der Waals surface area (Å²) in [5.41, 5.74) is 8.37. The minimum absolute atomic E-state index is 0.0909. The Bertz CT molecular complexity index is 485. The van der Waals surface area contributed by atoms with Crippen LogP contribution in [0.3, 0.4) is 0 Å². The molecule has 182 valence electrons. The van der Waals surface area contributed by atoms with Crippen LogP contribution in [0.1, 0.15) is 117 Å².